The Morgan fingerprint density at radius 3 is 2.66 bits per heavy atom. The van der Waals surface area contributed by atoms with Gasteiger partial charge >= 0.3 is 0 Å². The van der Waals surface area contributed by atoms with E-state index in [0.29, 0.717) is 38.5 Å². The third-order valence-corrected chi connectivity index (χ3v) is 6.17. The van der Waals surface area contributed by atoms with Gasteiger partial charge in [0.25, 0.3) is 5.91 Å². The van der Waals surface area contributed by atoms with E-state index in [-0.39, 0.29) is 11.7 Å². The van der Waals surface area contributed by atoms with Gasteiger partial charge in [0.05, 0.1) is 12.5 Å². The lowest BCUT2D eigenvalue weighted by atomic mass is 10.1. The smallest absolute Gasteiger partial charge is 0.276 e. The predicted molar refractivity (Wildman–Crippen MR) is 121 cm³/mol. The molecule has 160 valence electrons. The number of hydrogen-bond acceptors (Lipinski definition) is 6. The highest BCUT2D eigenvalue weighted by Crippen LogP contribution is 2.35. The van der Waals surface area contributed by atoms with Crippen LogP contribution in [0.25, 0.3) is 5.70 Å². The molecule has 32 heavy (non-hydrogen) atoms. The van der Waals surface area contributed by atoms with Crippen LogP contribution >= 0.6 is 11.8 Å². The number of para-hydroxylation sites is 2. The number of hydrogen-bond donors (Lipinski definition) is 1. The molecule has 0 fully saturated rings. The zero-order chi connectivity index (χ0) is 22.1. The first-order valence-corrected chi connectivity index (χ1v) is 11.0. The van der Waals surface area contributed by atoms with Crippen molar-refractivity contribution in [2.45, 2.75) is 11.9 Å². The first kappa shape index (κ1) is 20.3. The standard InChI is InChI=1S/C24H19FN4O2S/c1-31-20-13-7-4-10-17(20)22-26-19-12-6-3-9-16(19)21-23(30)27-24(28-29(21)22)32-14-15-8-2-5-11-18(15)25/h2-13,22H,14H2,1H3,(H,27,28,30). The van der Waals surface area contributed by atoms with Crippen molar-refractivity contribution in [1.29, 1.82) is 0 Å². The Morgan fingerprint density at radius 1 is 1.06 bits per heavy atom. The Morgan fingerprint density at radius 2 is 1.81 bits per heavy atom. The number of nitrogens with zero attached hydrogens (tertiary/aromatic N) is 3. The zero-order valence-electron chi connectivity index (χ0n) is 17.2. The number of carbonyl (C=O) groups excluding carboxylic acids is 1. The van der Waals surface area contributed by atoms with Gasteiger partial charge in [0, 0.05) is 16.5 Å². The molecule has 0 saturated carbocycles. The quantitative estimate of drug-likeness (QED) is 0.669. The topological polar surface area (TPSA) is 66.3 Å². The summed E-state index contributed by atoms with van der Waals surface area (Å²) in [6, 6.07) is 21.6. The van der Waals surface area contributed by atoms with E-state index < -0.39 is 6.17 Å². The second-order valence-corrected chi connectivity index (χ2v) is 8.16. The number of benzene rings is 3. The van der Waals surface area contributed by atoms with Crippen molar-refractivity contribution < 1.29 is 13.9 Å². The van der Waals surface area contributed by atoms with E-state index >= 15 is 0 Å². The van der Waals surface area contributed by atoms with Crippen LogP contribution in [0.15, 0.2) is 82.9 Å². The van der Waals surface area contributed by atoms with Crippen LogP contribution in [0.5, 0.6) is 5.75 Å². The van der Waals surface area contributed by atoms with Crippen LogP contribution < -0.4 is 20.6 Å². The number of halogens is 1. The van der Waals surface area contributed by atoms with E-state index in [9.17, 15) is 9.18 Å². The second-order valence-electron chi connectivity index (χ2n) is 7.19. The minimum absolute atomic E-state index is 0.279. The maximum atomic E-state index is 14.0. The van der Waals surface area contributed by atoms with Crippen molar-refractivity contribution in [3.63, 3.8) is 0 Å². The van der Waals surface area contributed by atoms with Crippen molar-refractivity contribution in [3.05, 3.63) is 100 Å². The Kier molecular flexibility index (Phi) is 5.36. The first-order chi connectivity index (χ1) is 15.7. The first-order valence-electron chi connectivity index (χ1n) is 10.0. The molecule has 1 amide bonds. The molecular weight excluding hydrogens is 427 g/mol. The van der Waals surface area contributed by atoms with Gasteiger partial charge in [0.2, 0.25) is 0 Å². The molecule has 0 spiro atoms. The lowest BCUT2D eigenvalue weighted by Crippen LogP contribution is -2.50. The van der Waals surface area contributed by atoms with Crippen LogP contribution in [0.4, 0.5) is 4.39 Å². The predicted octanol–water partition coefficient (Wildman–Crippen LogP) is 2.91. The largest absolute Gasteiger partial charge is 0.496 e. The Balaban J connectivity index is 1.59. The number of methoxy groups -OCH3 is 1. The summed E-state index contributed by atoms with van der Waals surface area (Å²) in [6.45, 7) is 0. The highest BCUT2D eigenvalue weighted by Gasteiger charge is 2.35. The van der Waals surface area contributed by atoms with Crippen LogP contribution in [0.2, 0.25) is 0 Å². The molecule has 2 aliphatic rings. The molecule has 3 aromatic rings. The fraction of sp³-hybridized carbons (Fsp3) is 0.125. The number of hydrazone groups is 1. The highest BCUT2D eigenvalue weighted by molar-refractivity contribution is 8.13. The zero-order valence-corrected chi connectivity index (χ0v) is 18.0. The summed E-state index contributed by atoms with van der Waals surface area (Å²) in [7, 11) is 1.60. The van der Waals surface area contributed by atoms with Gasteiger partial charge in [0.1, 0.15) is 17.3 Å². The van der Waals surface area contributed by atoms with Gasteiger partial charge in [0.15, 0.2) is 11.3 Å². The van der Waals surface area contributed by atoms with Gasteiger partial charge < -0.3 is 4.74 Å². The number of ether oxygens (including phenoxy) is 1. The number of thioether (sulfide) groups is 1. The fourth-order valence-electron chi connectivity index (χ4n) is 3.74. The summed E-state index contributed by atoms with van der Waals surface area (Å²) in [4.78, 5) is 18.1. The number of amidine groups is 1. The number of nitrogens with one attached hydrogen (secondary N) is 1. The molecule has 1 N–H and O–H groups in total. The second kappa shape index (κ2) is 8.47. The SMILES string of the molecule is COc1ccccc1C1N=c2ccccc2=C2C(=O)NC(SCc3ccccc3F)=NN21. The lowest BCUT2D eigenvalue weighted by molar-refractivity contribution is -0.116. The van der Waals surface area contributed by atoms with E-state index in [1.165, 1.54) is 17.8 Å². The minimum atomic E-state index is -0.578. The van der Waals surface area contributed by atoms with E-state index in [4.69, 9.17) is 14.8 Å². The molecule has 1 unspecified atom stereocenters. The molecule has 6 nitrogen and oxygen atoms in total. The molecule has 1 atom stereocenters. The van der Waals surface area contributed by atoms with Crippen LogP contribution in [-0.2, 0) is 10.5 Å². The maximum Gasteiger partial charge on any atom is 0.276 e. The Bertz CT molecular complexity index is 1360. The van der Waals surface area contributed by atoms with Gasteiger partial charge in [-0.2, -0.15) is 0 Å². The average molecular weight is 447 g/mol. The molecule has 8 heteroatoms. The normalized spacial score (nSPS) is 17.0. The number of carbonyl (C=O) groups is 1. The number of amides is 1. The Hall–Kier alpha value is -3.65. The van der Waals surface area contributed by atoms with Gasteiger partial charge in [-0.3, -0.25) is 15.1 Å². The van der Waals surface area contributed by atoms with Crippen LogP contribution in [0, 0.1) is 5.82 Å². The number of rotatable bonds is 4. The molecule has 3 aromatic carbocycles. The van der Waals surface area contributed by atoms with Gasteiger partial charge in [-0.1, -0.05) is 66.4 Å². The lowest BCUT2D eigenvalue weighted by Gasteiger charge is -2.34. The van der Waals surface area contributed by atoms with Crippen molar-refractivity contribution in [2.24, 2.45) is 10.1 Å². The minimum Gasteiger partial charge on any atom is -0.496 e. The van der Waals surface area contributed by atoms with Crippen molar-refractivity contribution in [2.75, 3.05) is 7.11 Å². The molecular formula is C24H19FN4O2S. The maximum absolute atomic E-state index is 14.0. The molecule has 2 heterocycles. The summed E-state index contributed by atoms with van der Waals surface area (Å²) < 4.78 is 19.6. The number of fused-ring (bicyclic) bond motifs is 2. The molecule has 2 aliphatic heterocycles. The van der Waals surface area contributed by atoms with E-state index in [0.717, 1.165) is 5.56 Å². The molecule has 0 radical (unpaired) electrons. The van der Waals surface area contributed by atoms with E-state index in [1.54, 1.807) is 30.3 Å². The van der Waals surface area contributed by atoms with Crippen molar-refractivity contribution >= 4 is 28.5 Å². The van der Waals surface area contributed by atoms with Gasteiger partial charge in [-0.05, 0) is 23.8 Å². The molecule has 5 rings (SSSR count). The van der Waals surface area contributed by atoms with Crippen molar-refractivity contribution in [3.8, 4) is 5.75 Å². The molecule has 0 saturated heterocycles. The highest BCUT2D eigenvalue weighted by atomic mass is 32.2. The van der Waals surface area contributed by atoms with Crippen LogP contribution in [0.3, 0.4) is 0 Å². The van der Waals surface area contributed by atoms with E-state index in [2.05, 4.69) is 5.32 Å². The average Bonchev–Trinajstić information content (AvgIpc) is 2.83. The van der Waals surface area contributed by atoms with Crippen LogP contribution in [-0.4, -0.2) is 23.2 Å². The third kappa shape index (κ3) is 3.62. The monoisotopic (exact) mass is 446 g/mol. The summed E-state index contributed by atoms with van der Waals surface area (Å²) in [6.07, 6.45) is -0.578. The fourth-order valence-corrected chi connectivity index (χ4v) is 4.57. The van der Waals surface area contributed by atoms with Gasteiger partial charge in [-0.15, -0.1) is 5.10 Å². The molecule has 0 aromatic heterocycles. The van der Waals surface area contributed by atoms with E-state index in [1.807, 2.05) is 48.5 Å². The third-order valence-electron chi connectivity index (χ3n) is 5.25. The van der Waals surface area contributed by atoms with Crippen LogP contribution in [0.1, 0.15) is 17.3 Å². The Labute approximate surface area is 188 Å². The summed E-state index contributed by atoms with van der Waals surface area (Å²) in [5, 5.41) is 11.0. The van der Waals surface area contributed by atoms with Gasteiger partial charge in [-0.25, -0.2) is 9.40 Å². The molecule has 0 aliphatic carbocycles. The summed E-state index contributed by atoms with van der Waals surface area (Å²) >= 11 is 1.26. The van der Waals surface area contributed by atoms with Crippen molar-refractivity contribution in [1.82, 2.24) is 10.3 Å². The summed E-state index contributed by atoms with van der Waals surface area (Å²) in [5.41, 5.74) is 1.75. The molecule has 0 bridgehead atoms. The summed E-state index contributed by atoms with van der Waals surface area (Å²) in [5.74, 6) is 0.422.